The molecular formula is C19H24N2O5. The molecule has 26 heavy (non-hydrogen) atoms. The molecule has 1 aliphatic rings. The van der Waals surface area contributed by atoms with Gasteiger partial charge in [0.05, 0.1) is 10.9 Å². The zero-order valence-electron chi connectivity index (χ0n) is 15.4. The Labute approximate surface area is 151 Å². The highest BCUT2D eigenvalue weighted by Crippen LogP contribution is 2.21. The van der Waals surface area contributed by atoms with Crippen molar-refractivity contribution in [2.75, 3.05) is 13.1 Å². The molecule has 140 valence electrons. The van der Waals surface area contributed by atoms with Crippen molar-refractivity contribution in [3.63, 3.8) is 0 Å². The van der Waals surface area contributed by atoms with E-state index >= 15 is 0 Å². The maximum absolute atomic E-state index is 12.3. The lowest BCUT2D eigenvalue weighted by atomic mass is 9.98. The van der Waals surface area contributed by atoms with Crippen LogP contribution in [-0.2, 0) is 11.3 Å². The molecule has 1 aliphatic heterocycles. The van der Waals surface area contributed by atoms with Crippen LogP contribution < -0.4 is 11.4 Å². The number of aromatic nitrogens is 1. The average molecular weight is 360 g/mol. The summed E-state index contributed by atoms with van der Waals surface area (Å²) in [5.41, 5.74) is -0.607. The smallest absolute Gasteiger partial charge is 0.422 e. The monoisotopic (exact) mass is 360 g/mol. The number of hydrogen-bond acceptors (Lipinski definition) is 5. The molecule has 0 bridgehead atoms. The zero-order valence-corrected chi connectivity index (χ0v) is 15.4. The molecule has 1 amide bonds. The van der Waals surface area contributed by atoms with Gasteiger partial charge in [-0.15, -0.1) is 0 Å². The summed E-state index contributed by atoms with van der Waals surface area (Å²) in [6, 6.07) is 6.90. The van der Waals surface area contributed by atoms with Gasteiger partial charge in [-0.3, -0.25) is 4.57 Å². The molecule has 1 aromatic heterocycles. The highest BCUT2D eigenvalue weighted by atomic mass is 16.6. The Bertz CT molecular complexity index is 922. The summed E-state index contributed by atoms with van der Waals surface area (Å²) < 4.78 is 11.8. The molecule has 0 radical (unpaired) electrons. The largest absolute Gasteiger partial charge is 0.444 e. The van der Waals surface area contributed by atoms with E-state index in [9.17, 15) is 14.4 Å². The Morgan fingerprint density at radius 1 is 1.27 bits per heavy atom. The van der Waals surface area contributed by atoms with Gasteiger partial charge < -0.3 is 14.1 Å². The van der Waals surface area contributed by atoms with Crippen molar-refractivity contribution in [1.29, 1.82) is 0 Å². The van der Waals surface area contributed by atoms with Gasteiger partial charge in [-0.25, -0.2) is 14.4 Å². The van der Waals surface area contributed by atoms with E-state index in [0.717, 1.165) is 12.8 Å². The summed E-state index contributed by atoms with van der Waals surface area (Å²) in [6.07, 6.45) is 1.39. The zero-order chi connectivity index (χ0) is 18.9. The lowest BCUT2D eigenvalue weighted by Crippen LogP contribution is -2.44. The molecular weight excluding hydrogens is 336 g/mol. The normalized spacial score (nSPS) is 18.1. The fourth-order valence-electron chi connectivity index (χ4n) is 3.31. The average Bonchev–Trinajstić information content (AvgIpc) is 2.57. The Balaban J connectivity index is 1.81. The number of fused-ring (bicyclic) bond motifs is 1. The summed E-state index contributed by atoms with van der Waals surface area (Å²) >= 11 is 0. The third-order valence-corrected chi connectivity index (χ3v) is 4.43. The van der Waals surface area contributed by atoms with E-state index in [1.165, 1.54) is 4.57 Å². The summed E-state index contributed by atoms with van der Waals surface area (Å²) in [5, 5.41) is 0.381. The SMILES string of the molecule is CC(C)(C)OC(=O)N1CCCC(Cn2c(=O)oc(=O)c3ccccc32)C1. The number of benzene rings is 1. The van der Waals surface area contributed by atoms with E-state index in [1.54, 1.807) is 29.2 Å². The standard InChI is InChI=1S/C19H24N2O5/c1-19(2,3)26-17(23)20-10-6-7-13(11-20)12-21-15-9-5-4-8-14(15)16(22)25-18(21)24/h4-5,8-9,13H,6-7,10-12H2,1-3H3. The maximum atomic E-state index is 12.3. The highest BCUT2D eigenvalue weighted by Gasteiger charge is 2.28. The molecule has 1 fully saturated rings. The van der Waals surface area contributed by atoms with Gasteiger partial charge in [-0.05, 0) is 51.7 Å². The summed E-state index contributed by atoms with van der Waals surface area (Å²) in [6.45, 7) is 7.06. The number of ether oxygens (including phenoxy) is 1. The van der Waals surface area contributed by atoms with Crippen molar-refractivity contribution in [3.8, 4) is 0 Å². The Kier molecular flexibility index (Phi) is 4.89. The van der Waals surface area contributed by atoms with Crippen LogP contribution in [-0.4, -0.2) is 34.3 Å². The van der Waals surface area contributed by atoms with Gasteiger partial charge in [-0.1, -0.05) is 12.1 Å². The number of piperidine rings is 1. The minimum Gasteiger partial charge on any atom is -0.444 e. The molecule has 0 N–H and O–H groups in total. The summed E-state index contributed by atoms with van der Waals surface area (Å²) in [7, 11) is 0. The van der Waals surface area contributed by atoms with Crippen LogP contribution in [0.2, 0.25) is 0 Å². The molecule has 1 atom stereocenters. The Morgan fingerprint density at radius 3 is 2.73 bits per heavy atom. The van der Waals surface area contributed by atoms with E-state index in [0.29, 0.717) is 30.5 Å². The number of nitrogens with zero attached hydrogens (tertiary/aromatic N) is 2. The summed E-state index contributed by atoms with van der Waals surface area (Å²) in [5.74, 6) is -0.576. The molecule has 0 saturated carbocycles. The van der Waals surface area contributed by atoms with E-state index in [2.05, 4.69) is 0 Å². The first-order valence-electron chi connectivity index (χ1n) is 8.85. The first-order valence-corrected chi connectivity index (χ1v) is 8.85. The number of para-hydroxylation sites is 1. The second-order valence-corrected chi connectivity index (χ2v) is 7.72. The van der Waals surface area contributed by atoms with Crippen molar-refractivity contribution in [2.24, 2.45) is 5.92 Å². The molecule has 7 heteroatoms. The van der Waals surface area contributed by atoms with E-state index in [-0.39, 0.29) is 12.0 Å². The second-order valence-electron chi connectivity index (χ2n) is 7.72. The number of likely N-dealkylation sites (tertiary alicyclic amines) is 1. The Morgan fingerprint density at radius 2 is 2.00 bits per heavy atom. The lowest BCUT2D eigenvalue weighted by molar-refractivity contribution is 0.0156. The minimum atomic E-state index is -0.664. The lowest BCUT2D eigenvalue weighted by Gasteiger charge is -2.34. The van der Waals surface area contributed by atoms with Gasteiger partial charge in [0.15, 0.2) is 0 Å². The van der Waals surface area contributed by atoms with Crippen LogP contribution in [0.1, 0.15) is 33.6 Å². The van der Waals surface area contributed by atoms with Gasteiger partial charge in [0.25, 0.3) is 0 Å². The maximum Gasteiger partial charge on any atom is 0.422 e. The van der Waals surface area contributed by atoms with Crippen LogP contribution >= 0.6 is 0 Å². The summed E-state index contributed by atoms with van der Waals surface area (Å²) in [4.78, 5) is 38.1. The number of carbonyl (C=O) groups excluding carboxylic acids is 1. The van der Waals surface area contributed by atoms with Gasteiger partial charge in [0.1, 0.15) is 5.60 Å². The fourth-order valence-corrected chi connectivity index (χ4v) is 3.31. The molecule has 2 aromatic rings. The van der Waals surface area contributed by atoms with Gasteiger partial charge in [0.2, 0.25) is 0 Å². The first kappa shape index (κ1) is 18.2. The molecule has 0 aliphatic carbocycles. The number of rotatable bonds is 2. The third kappa shape index (κ3) is 3.98. The van der Waals surface area contributed by atoms with E-state index in [1.807, 2.05) is 20.8 Å². The molecule has 1 aromatic carbocycles. The number of hydrogen-bond donors (Lipinski definition) is 0. The third-order valence-electron chi connectivity index (χ3n) is 4.43. The topological polar surface area (TPSA) is 81.8 Å². The van der Waals surface area contributed by atoms with Gasteiger partial charge in [-0.2, -0.15) is 0 Å². The second kappa shape index (κ2) is 6.97. The van der Waals surface area contributed by atoms with Crippen molar-refractivity contribution in [1.82, 2.24) is 9.47 Å². The Hall–Kier alpha value is -2.57. The predicted octanol–water partition coefficient (Wildman–Crippen LogP) is 2.60. The van der Waals surface area contributed by atoms with Crippen LogP contribution in [0.4, 0.5) is 4.79 Å². The van der Waals surface area contributed by atoms with Crippen LogP contribution in [0.15, 0.2) is 38.3 Å². The molecule has 3 rings (SSSR count). The van der Waals surface area contributed by atoms with E-state index < -0.39 is 17.0 Å². The van der Waals surface area contributed by atoms with Crippen molar-refractivity contribution in [3.05, 3.63) is 45.2 Å². The van der Waals surface area contributed by atoms with Crippen molar-refractivity contribution < 1.29 is 13.9 Å². The van der Waals surface area contributed by atoms with Gasteiger partial charge >= 0.3 is 17.5 Å². The number of amides is 1. The predicted molar refractivity (Wildman–Crippen MR) is 97.3 cm³/mol. The quantitative estimate of drug-likeness (QED) is 0.822. The van der Waals surface area contributed by atoms with Crippen LogP contribution in [0.5, 0.6) is 0 Å². The van der Waals surface area contributed by atoms with E-state index in [4.69, 9.17) is 9.15 Å². The van der Waals surface area contributed by atoms with Crippen LogP contribution in [0.3, 0.4) is 0 Å². The minimum absolute atomic E-state index is 0.0880. The molecule has 0 spiro atoms. The van der Waals surface area contributed by atoms with Gasteiger partial charge in [0, 0.05) is 19.6 Å². The van der Waals surface area contributed by atoms with Crippen molar-refractivity contribution in [2.45, 2.75) is 45.8 Å². The number of carbonyl (C=O) groups is 1. The molecule has 1 unspecified atom stereocenters. The molecule has 1 saturated heterocycles. The molecule has 7 nitrogen and oxygen atoms in total. The highest BCUT2D eigenvalue weighted by molar-refractivity contribution is 5.77. The first-order chi connectivity index (χ1) is 12.2. The van der Waals surface area contributed by atoms with Crippen molar-refractivity contribution >= 4 is 17.0 Å². The van der Waals surface area contributed by atoms with Crippen LogP contribution in [0.25, 0.3) is 10.9 Å². The fraction of sp³-hybridized carbons (Fsp3) is 0.526. The molecule has 2 heterocycles. The van der Waals surface area contributed by atoms with Crippen LogP contribution in [0, 0.1) is 5.92 Å².